The number of hydrogen-bond acceptors (Lipinski definition) is 4. The molecule has 0 saturated carbocycles. The molecule has 1 aromatic carbocycles. The molecule has 3 N–H and O–H groups in total. The molecular formula is C14H19ClN2O3. The molecule has 1 unspecified atom stereocenters. The first kappa shape index (κ1) is 16.3. The maximum atomic E-state index is 11.9. The Bertz CT molecular complexity index is 491. The molecule has 5 nitrogen and oxygen atoms in total. The summed E-state index contributed by atoms with van der Waals surface area (Å²) in [6.07, 6.45) is 0.985. The van der Waals surface area contributed by atoms with Crippen molar-refractivity contribution in [2.24, 2.45) is 0 Å². The average molecular weight is 299 g/mol. The number of hydrogen-bond donors (Lipinski definition) is 2. The van der Waals surface area contributed by atoms with Crippen LogP contribution < -0.4 is 11.1 Å². The van der Waals surface area contributed by atoms with E-state index in [-0.39, 0.29) is 17.2 Å². The fourth-order valence-electron chi connectivity index (χ4n) is 1.51. The number of nitrogens with one attached hydrogen (secondary N) is 1. The van der Waals surface area contributed by atoms with E-state index in [4.69, 9.17) is 22.1 Å². The number of benzene rings is 1. The molecule has 6 heteroatoms. The van der Waals surface area contributed by atoms with Gasteiger partial charge >= 0.3 is 5.97 Å². The second kappa shape index (κ2) is 7.75. The van der Waals surface area contributed by atoms with E-state index >= 15 is 0 Å². The van der Waals surface area contributed by atoms with Crippen molar-refractivity contribution in [1.82, 2.24) is 5.32 Å². The van der Waals surface area contributed by atoms with E-state index in [1.54, 1.807) is 6.07 Å². The molecule has 0 spiro atoms. The summed E-state index contributed by atoms with van der Waals surface area (Å²) in [5.74, 6) is -0.990. The topological polar surface area (TPSA) is 81.4 Å². The Labute approximate surface area is 123 Å². The number of rotatable bonds is 6. The highest BCUT2D eigenvalue weighted by atomic mass is 35.5. The highest BCUT2D eigenvalue weighted by Crippen LogP contribution is 2.19. The van der Waals surface area contributed by atoms with E-state index in [0.29, 0.717) is 11.6 Å². The van der Waals surface area contributed by atoms with Crippen molar-refractivity contribution in [3.63, 3.8) is 0 Å². The number of nitrogens with two attached hydrogens (primary N) is 1. The van der Waals surface area contributed by atoms with Gasteiger partial charge in [-0.3, -0.25) is 4.79 Å². The maximum absolute atomic E-state index is 11.9. The Morgan fingerprint density at radius 2 is 2.15 bits per heavy atom. The fraction of sp³-hybridized carbons (Fsp3) is 0.429. The van der Waals surface area contributed by atoms with Crippen molar-refractivity contribution in [2.45, 2.75) is 32.8 Å². The van der Waals surface area contributed by atoms with Gasteiger partial charge in [0, 0.05) is 17.3 Å². The second-order valence-electron chi connectivity index (χ2n) is 4.42. The van der Waals surface area contributed by atoms with Gasteiger partial charge in [-0.2, -0.15) is 0 Å². The molecule has 0 aliphatic heterocycles. The molecule has 1 rings (SSSR count). The van der Waals surface area contributed by atoms with Gasteiger partial charge in [0.2, 0.25) is 0 Å². The predicted octanol–water partition coefficient (Wildman–Crippen LogP) is 2.38. The van der Waals surface area contributed by atoms with Crippen LogP contribution in [0.25, 0.3) is 0 Å². The first-order chi connectivity index (χ1) is 9.45. The van der Waals surface area contributed by atoms with E-state index in [2.05, 4.69) is 5.32 Å². The Morgan fingerprint density at radius 3 is 2.80 bits per heavy atom. The van der Waals surface area contributed by atoms with Crippen LogP contribution in [-0.4, -0.2) is 24.5 Å². The van der Waals surface area contributed by atoms with E-state index in [1.165, 1.54) is 19.1 Å². The SMILES string of the molecule is CCCCNC(=O)C(C)OC(=O)c1cc(Cl)ccc1N. The minimum Gasteiger partial charge on any atom is -0.449 e. The Kier molecular flexibility index (Phi) is 6.31. The summed E-state index contributed by atoms with van der Waals surface area (Å²) >= 11 is 5.80. The molecule has 1 aromatic rings. The van der Waals surface area contributed by atoms with E-state index < -0.39 is 12.1 Å². The highest BCUT2D eigenvalue weighted by Gasteiger charge is 2.20. The van der Waals surface area contributed by atoms with Crippen LogP contribution in [0.15, 0.2) is 18.2 Å². The number of carbonyl (C=O) groups is 2. The van der Waals surface area contributed by atoms with Crippen molar-refractivity contribution in [1.29, 1.82) is 0 Å². The largest absolute Gasteiger partial charge is 0.449 e. The molecule has 0 saturated heterocycles. The van der Waals surface area contributed by atoms with Crippen molar-refractivity contribution >= 4 is 29.2 Å². The number of amides is 1. The lowest BCUT2D eigenvalue weighted by Gasteiger charge is -2.14. The van der Waals surface area contributed by atoms with Crippen LogP contribution in [0, 0.1) is 0 Å². The van der Waals surface area contributed by atoms with Gasteiger partial charge in [-0.05, 0) is 31.5 Å². The van der Waals surface area contributed by atoms with Gasteiger partial charge in [0.05, 0.1) is 5.56 Å². The first-order valence-electron chi connectivity index (χ1n) is 6.49. The Morgan fingerprint density at radius 1 is 1.45 bits per heavy atom. The van der Waals surface area contributed by atoms with E-state index in [0.717, 1.165) is 12.8 Å². The van der Waals surface area contributed by atoms with Crippen LogP contribution in [0.1, 0.15) is 37.0 Å². The monoisotopic (exact) mass is 298 g/mol. The fourth-order valence-corrected chi connectivity index (χ4v) is 1.69. The van der Waals surface area contributed by atoms with Crippen molar-refractivity contribution in [3.8, 4) is 0 Å². The van der Waals surface area contributed by atoms with Crippen LogP contribution in [0.3, 0.4) is 0 Å². The molecule has 0 aliphatic carbocycles. The molecule has 1 amide bonds. The zero-order valence-corrected chi connectivity index (χ0v) is 12.4. The summed E-state index contributed by atoms with van der Waals surface area (Å²) in [5.41, 5.74) is 6.10. The number of ether oxygens (including phenoxy) is 1. The summed E-state index contributed by atoms with van der Waals surface area (Å²) in [6.45, 7) is 4.11. The van der Waals surface area contributed by atoms with Crippen molar-refractivity contribution in [3.05, 3.63) is 28.8 Å². The summed E-state index contributed by atoms with van der Waals surface area (Å²) < 4.78 is 5.08. The van der Waals surface area contributed by atoms with Crippen LogP contribution in [0.5, 0.6) is 0 Å². The highest BCUT2D eigenvalue weighted by molar-refractivity contribution is 6.31. The van der Waals surface area contributed by atoms with Crippen LogP contribution in [0.4, 0.5) is 5.69 Å². The van der Waals surface area contributed by atoms with E-state index in [9.17, 15) is 9.59 Å². The van der Waals surface area contributed by atoms with Crippen LogP contribution >= 0.6 is 11.6 Å². The maximum Gasteiger partial charge on any atom is 0.341 e. The number of nitrogen functional groups attached to an aromatic ring is 1. The molecular weight excluding hydrogens is 280 g/mol. The zero-order valence-electron chi connectivity index (χ0n) is 11.6. The van der Waals surface area contributed by atoms with Gasteiger partial charge in [-0.15, -0.1) is 0 Å². The van der Waals surface area contributed by atoms with Gasteiger partial charge in [0.1, 0.15) is 0 Å². The zero-order chi connectivity index (χ0) is 15.1. The van der Waals surface area contributed by atoms with Crippen LogP contribution in [-0.2, 0) is 9.53 Å². The number of unbranched alkanes of at least 4 members (excludes halogenated alkanes) is 1. The molecule has 20 heavy (non-hydrogen) atoms. The number of halogens is 1. The normalized spacial score (nSPS) is 11.8. The predicted molar refractivity (Wildman–Crippen MR) is 78.7 cm³/mol. The lowest BCUT2D eigenvalue weighted by atomic mass is 10.2. The molecule has 0 aliphatic rings. The summed E-state index contributed by atoms with van der Waals surface area (Å²) in [6, 6.07) is 4.51. The summed E-state index contributed by atoms with van der Waals surface area (Å²) in [4.78, 5) is 23.6. The molecule has 0 aromatic heterocycles. The number of carbonyl (C=O) groups excluding carboxylic acids is 2. The Balaban J connectivity index is 2.61. The third kappa shape index (κ3) is 4.74. The minimum atomic E-state index is -0.877. The summed E-state index contributed by atoms with van der Waals surface area (Å²) in [5, 5.41) is 3.07. The molecule has 110 valence electrons. The number of anilines is 1. The Hall–Kier alpha value is -1.75. The quantitative estimate of drug-likeness (QED) is 0.480. The average Bonchev–Trinajstić information content (AvgIpc) is 2.41. The van der Waals surface area contributed by atoms with Gasteiger partial charge < -0.3 is 15.8 Å². The molecule has 0 heterocycles. The minimum absolute atomic E-state index is 0.158. The molecule has 0 bridgehead atoms. The van der Waals surface area contributed by atoms with Crippen molar-refractivity contribution < 1.29 is 14.3 Å². The first-order valence-corrected chi connectivity index (χ1v) is 6.87. The van der Waals surface area contributed by atoms with Crippen molar-refractivity contribution in [2.75, 3.05) is 12.3 Å². The molecule has 0 fully saturated rings. The third-order valence-electron chi connectivity index (χ3n) is 2.72. The van der Waals surface area contributed by atoms with Crippen LogP contribution in [0.2, 0.25) is 5.02 Å². The van der Waals surface area contributed by atoms with Gasteiger partial charge in [-0.1, -0.05) is 24.9 Å². The van der Waals surface area contributed by atoms with E-state index in [1.807, 2.05) is 6.92 Å². The number of esters is 1. The van der Waals surface area contributed by atoms with Gasteiger partial charge in [0.25, 0.3) is 5.91 Å². The van der Waals surface area contributed by atoms with Gasteiger partial charge in [0.15, 0.2) is 6.10 Å². The standard InChI is InChI=1S/C14H19ClN2O3/c1-3-4-7-17-13(18)9(2)20-14(19)11-8-10(15)5-6-12(11)16/h5-6,8-9H,3-4,7,16H2,1-2H3,(H,17,18). The summed E-state index contributed by atoms with van der Waals surface area (Å²) in [7, 11) is 0. The molecule has 1 atom stereocenters. The smallest absolute Gasteiger partial charge is 0.341 e. The lowest BCUT2D eigenvalue weighted by Crippen LogP contribution is -2.36. The van der Waals surface area contributed by atoms with Gasteiger partial charge in [-0.25, -0.2) is 4.79 Å². The third-order valence-corrected chi connectivity index (χ3v) is 2.95. The molecule has 0 radical (unpaired) electrons. The second-order valence-corrected chi connectivity index (χ2v) is 4.86. The lowest BCUT2D eigenvalue weighted by molar-refractivity contribution is -0.129.